The number of nitrogens with one attached hydrogen (secondary N) is 3. The van der Waals surface area contributed by atoms with Crippen LogP contribution in [0.5, 0.6) is 0 Å². The van der Waals surface area contributed by atoms with Gasteiger partial charge in [-0.05, 0) is 30.9 Å². The predicted molar refractivity (Wildman–Crippen MR) is 87.6 cm³/mol. The highest BCUT2D eigenvalue weighted by Crippen LogP contribution is 2.22. The maximum absolute atomic E-state index is 12.4. The number of carbonyl (C=O) groups excluding carboxylic acids is 2. The monoisotopic (exact) mass is 314 g/mol. The molecule has 122 valence electrons. The van der Waals surface area contributed by atoms with Gasteiger partial charge in [-0.25, -0.2) is 4.98 Å². The summed E-state index contributed by atoms with van der Waals surface area (Å²) < 4.78 is 0. The lowest BCUT2D eigenvalue weighted by molar-refractivity contribution is -0.126. The van der Waals surface area contributed by atoms with Crippen molar-refractivity contribution in [3.05, 3.63) is 30.1 Å². The van der Waals surface area contributed by atoms with Crippen molar-refractivity contribution in [1.29, 1.82) is 0 Å². The molecule has 2 aromatic rings. The average molecular weight is 314 g/mol. The number of H-pyrrole nitrogens is 1. The Kier molecular flexibility index (Phi) is 4.32. The lowest BCUT2D eigenvalue weighted by Crippen LogP contribution is -2.43. The minimum Gasteiger partial charge on any atom is -0.344 e. The smallest absolute Gasteiger partial charge is 0.243 e. The van der Waals surface area contributed by atoms with Gasteiger partial charge in [0.25, 0.3) is 0 Å². The van der Waals surface area contributed by atoms with Gasteiger partial charge in [0.2, 0.25) is 11.8 Å². The summed E-state index contributed by atoms with van der Waals surface area (Å²) in [6.45, 7) is 4.22. The van der Waals surface area contributed by atoms with E-state index in [9.17, 15) is 9.59 Å². The number of aromatic amines is 1. The molecule has 3 rings (SSSR count). The molecule has 0 saturated carbocycles. The van der Waals surface area contributed by atoms with E-state index >= 15 is 0 Å². The number of imidazole rings is 1. The van der Waals surface area contributed by atoms with Gasteiger partial charge in [-0.1, -0.05) is 26.0 Å². The molecule has 6 nitrogen and oxygen atoms in total. The molecule has 2 heterocycles. The number of carbonyl (C=O) groups is 2. The summed E-state index contributed by atoms with van der Waals surface area (Å²) in [5.41, 5.74) is 1.85. The van der Waals surface area contributed by atoms with Crippen LogP contribution in [0.4, 0.5) is 0 Å². The first-order valence-corrected chi connectivity index (χ1v) is 8.07. The molecule has 1 saturated heterocycles. The largest absolute Gasteiger partial charge is 0.344 e. The van der Waals surface area contributed by atoms with Crippen molar-refractivity contribution in [1.82, 2.24) is 20.6 Å². The molecule has 2 atom stereocenters. The van der Waals surface area contributed by atoms with Crippen molar-refractivity contribution in [3.8, 4) is 0 Å². The van der Waals surface area contributed by atoms with Gasteiger partial charge in [-0.3, -0.25) is 9.59 Å². The van der Waals surface area contributed by atoms with E-state index < -0.39 is 6.04 Å². The quantitative estimate of drug-likeness (QED) is 0.789. The van der Waals surface area contributed by atoms with Crippen molar-refractivity contribution in [2.24, 2.45) is 5.92 Å². The van der Waals surface area contributed by atoms with Crippen molar-refractivity contribution < 1.29 is 9.59 Å². The Morgan fingerprint density at radius 1 is 1.39 bits per heavy atom. The van der Waals surface area contributed by atoms with Crippen LogP contribution in [0.25, 0.3) is 11.0 Å². The van der Waals surface area contributed by atoms with Crippen molar-refractivity contribution >= 4 is 22.8 Å². The summed E-state index contributed by atoms with van der Waals surface area (Å²) in [5.74, 6) is 0.973. The molecule has 6 heteroatoms. The minimum atomic E-state index is -0.429. The van der Waals surface area contributed by atoms with Crippen LogP contribution in [-0.2, 0) is 9.59 Å². The molecular weight excluding hydrogens is 292 g/mol. The van der Waals surface area contributed by atoms with E-state index in [0.717, 1.165) is 23.3 Å². The Balaban J connectivity index is 1.79. The molecule has 23 heavy (non-hydrogen) atoms. The molecule has 0 aliphatic carbocycles. The molecule has 1 aromatic heterocycles. The lowest BCUT2D eigenvalue weighted by Gasteiger charge is -2.20. The van der Waals surface area contributed by atoms with Crippen LogP contribution < -0.4 is 10.6 Å². The summed E-state index contributed by atoms with van der Waals surface area (Å²) in [4.78, 5) is 31.6. The highest BCUT2D eigenvalue weighted by molar-refractivity contribution is 5.91. The zero-order valence-corrected chi connectivity index (χ0v) is 13.4. The maximum Gasteiger partial charge on any atom is 0.243 e. The van der Waals surface area contributed by atoms with E-state index in [4.69, 9.17) is 0 Å². The SMILES string of the molecule is CC(C)CC(NC(=O)[C@H]1CCC(=O)N1)c1nc2ccccc2[nH]1. The van der Waals surface area contributed by atoms with Crippen molar-refractivity contribution in [2.75, 3.05) is 0 Å². The number of hydrogen-bond acceptors (Lipinski definition) is 3. The second kappa shape index (κ2) is 6.40. The molecule has 1 fully saturated rings. The summed E-state index contributed by atoms with van der Waals surface area (Å²) >= 11 is 0. The van der Waals surface area contributed by atoms with E-state index in [1.54, 1.807) is 0 Å². The minimum absolute atomic E-state index is 0.0608. The normalized spacial score (nSPS) is 19.1. The molecule has 3 N–H and O–H groups in total. The Hall–Kier alpha value is -2.37. The number of rotatable bonds is 5. The van der Waals surface area contributed by atoms with Gasteiger partial charge in [-0.2, -0.15) is 0 Å². The Morgan fingerprint density at radius 2 is 2.17 bits per heavy atom. The molecule has 1 aliphatic heterocycles. The van der Waals surface area contributed by atoms with Crippen LogP contribution in [0.2, 0.25) is 0 Å². The fourth-order valence-corrected chi connectivity index (χ4v) is 2.93. The zero-order valence-electron chi connectivity index (χ0n) is 13.4. The van der Waals surface area contributed by atoms with E-state index in [-0.39, 0.29) is 17.9 Å². The second-order valence-electron chi connectivity index (χ2n) is 6.49. The van der Waals surface area contributed by atoms with Crippen LogP contribution in [-0.4, -0.2) is 27.8 Å². The van der Waals surface area contributed by atoms with Gasteiger partial charge in [0.05, 0.1) is 17.1 Å². The highest BCUT2D eigenvalue weighted by atomic mass is 16.2. The van der Waals surface area contributed by atoms with Crippen LogP contribution in [0.3, 0.4) is 0 Å². The van der Waals surface area contributed by atoms with Gasteiger partial charge >= 0.3 is 0 Å². The van der Waals surface area contributed by atoms with Crippen LogP contribution in [0, 0.1) is 5.92 Å². The second-order valence-corrected chi connectivity index (χ2v) is 6.49. The number of benzene rings is 1. The Bertz CT molecular complexity index is 689. The average Bonchev–Trinajstić information content (AvgIpc) is 3.11. The standard InChI is InChI=1S/C17H22N4O2/c1-10(2)9-14(21-17(23)13-7-8-15(22)18-13)16-19-11-5-3-4-6-12(11)20-16/h3-6,10,13-14H,7-9H2,1-2H3,(H,18,22)(H,19,20)(H,21,23)/t13-,14?/m1/s1. The van der Waals surface area contributed by atoms with E-state index in [1.807, 2.05) is 24.3 Å². The molecule has 1 aliphatic rings. The van der Waals surface area contributed by atoms with E-state index in [1.165, 1.54) is 0 Å². The highest BCUT2D eigenvalue weighted by Gasteiger charge is 2.29. The van der Waals surface area contributed by atoms with Crippen molar-refractivity contribution in [2.45, 2.75) is 45.2 Å². The van der Waals surface area contributed by atoms with E-state index in [2.05, 4.69) is 34.4 Å². The third kappa shape index (κ3) is 3.52. The first kappa shape index (κ1) is 15.5. The summed E-state index contributed by atoms with van der Waals surface area (Å²) in [6, 6.07) is 7.19. The molecule has 0 radical (unpaired) electrons. The van der Waals surface area contributed by atoms with Crippen LogP contribution >= 0.6 is 0 Å². The predicted octanol–water partition coefficient (Wildman–Crippen LogP) is 2.04. The number of fused-ring (bicyclic) bond motifs is 1. The summed E-state index contributed by atoms with van der Waals surface area (Å²) in [6.07, 6.45) is 1.75. The molecule has 1 unspecified atom stereocenters. The fraction of sp³-hybridized carbons (Fsp3) is 0.471. The first-order valence-electron chi connectivity index (χ1n) is 8.07. The number of aromatic nitrogens is 2. The molecular formula is C17H22N4O2. The van der Waals surface area contributed by atoms with Crippen LogP contribution in [0.1, 0.15) is 45.0 Å². The van der Waals surface area contributed by atoms with Gasteiger partial charge in [0.1, 0.15) is 11.9 Å². The molecule has 0 bridgehead atoms. The van der Waals surface area contributed by atoms with Gasteiger partial charge in [-0.15, -0.1) is 0 Å². The summed E-state index contributed by atoms with van der Waals surface area (Å²) in [7, 11) is 0. The first-order chi connectivity index (χ1) is 11.0. The van der Waals surface area contributed by atoms with Gasteiger partial charge in [0.15, 0.2) is 0 Å². The number of amides is 2. The van der Waals surface area contributed by atoms with Crippen LogP contribution in [0.15, 0.2) is 24.3 Å². The molecule has 0 spiro atoms. The molecule has 2 amide bonds. The Morgan fingerprint density at radius 3 is 2.83 bits per heavy atom. The lowest BCUT2D eigenvalue weighted by atomic mass is 10.0. The van der Waals surface area contributed by atoms with E-state index in [0.29, 0.717) is 18.8 Å². The maximum atomic E-state index is 12.4. The number of para-hydroxylation sites is 2. The van der Waals surface area contributed by atoms with Crippen molar-refractivity contribution in [3.63, 3.8) is 0 Å². The Labute approximate surface area is 135 Å². The van der Waals surface area contributed by atoms with Gasteiger partial charge in [0, 0.05) is 6.42 Å². The summed E-state index contributed by atoms with van der Waals surface area (Å²) in [5, 5.41) is 5.75. The number of nitrogens with zero attached hydrogens (tertiary/aromatic N) is 1. The fourth-order valence-electron chi connectivity index (χ4n) is 2.93. The van der Waals surface area contributed by atoms with Gasteiger partial charge < -0.3 is 15.6 Å². The molecule has 1 aromatic carbocycles. The third-order valence-corrected chi connectivity index (χ3v) is 4.07. The third-order valence-electron chi connectivity index (χ3n) is 4.07. The zero-order chi connectivity index (χ0) is 16.4. The topological polar surface area (TPSA) is 86.9 Å². The number of hydrogen-bond donors (Lipinski definition) is 3.